The number of rotatable bonds is 0. The molecule has 0 saturated carbocycles. The Morgan fingerprint density at radius 2 is 2.33 bits per heavy atom. The number of amides is 1. The van der Waals surface area contributed by atoms with E-state index in [1.165, 1.54) is 0 Å². The van der Waals surface area contributed by atoms with Crippen molar-refractivity contribution in [2.75, 3.05) is 6.54 Å². The third kappa shape index (κ3) is 1.26. The topological polar surface area (TPSA) is 46.4 Å². The summed E-state index contributed by atoms with van der Waals surface area (Å²) in [5.74, 6) is -0.0400. The molecule has 0 spiro atoms. The number of hydrogen-bond acceptors (Lipinski definition) is 2. The predicted molar refractivity (Wildman–Crippen MR) is 58.9 cm³/mol. The van der Waals surface area contributed by atoms with E-state index in [9.17, 15) is 4.79 Å². The molecule has 1 N–H and O–H groups in total. The first-order chi connectivity index (χ1) is 7.25. The number of carbonyl (C=O) groups is 1. The fourth-order valence-electron chi connectivity index (χ4n) is 1.86. The fraction of sp³-hybridized carbons (Fsp3) is 0.200. The van der Waals surface area contributed by atoms with E-state index in [1.54, 1.807) is 0 Å². The highest BCUT2D eigenvalue weighted by atomic mass is 79.9. The Balaban J connectivity index is 2.38. The number of pyridine rings is 1. The van der Waals surface area contributed by atoms with Crippen molar-refractivity contribution in [1.82, 2.24) is 14.7 Å². The molecule has 2 aromatic heterocycles. The van der Waals surface area contributed by atoms with Crippen LogP contribution < -0.4 is 5.32 Å². The summed E-state index contributed by atoms with van der Waals surface area (Å²) in [6.07, 6.45) is 2.67. The number of aromatic nitrogens is 2. The molecular formula is C10H8BrN3O. The monoisotopic (exact) mass is 265 g/mol. The van der Waals surface area contributed by atoms with Crippen molar-refractivity contribution in [1.29, 1.82) is 0 Å². The Morgan fingerprint density at radius 1 is 1.47 bits per heavy atom. The SMILES string of the molecule is O=C1NCCc2nc3ccc(Br)cn3c21. The van der Waals surface area contributed by atoms with E-state index in [0.717, 1.165) is 22.2 Å². The minimum absolute atomic E-state index is 0.0400. The van der Waals surface area contributed by atoms with Crippen LogP contribution in [0.4, 0.5) is 0 Å². The van der Waals surface area contributed by atoms with Crippen molar-refractivity contribution < 1.29 is 4.79 Å². The van der Waals surface area contributed by atoms with Gasteiger partial charge in [0.05, 0.1) is 5.69 Å². The van der Waals surface area contributed by atoms with Crippen LogP contribution in [-0.4, -0.2) is 21.8 Å². The molecule has 0 bridgehead atoms. The second-order valence-corrected chi connectivity index (χ2v) is 4.40. The van der Waals surface area contributed by atoms with Gasteiger partial charge in [0.15, 0.2) is 0 Å². The lowest BCUT2D eigenvalue weighted by Crippen LogP contribution is -2.32. The minimum Gasteiger partial charge on any atom is -0.350 e. The molecule has 0 aromatic carbocycles. The third-order valence-electron chi connectivity index (χ3n) is 2.52. The standard InChI is InChI=1S/C10H8BrN3O/c11-6-1-2-8-13-7-3-4-12-10(15)9(7)14(8)5-6/h1-2,5H,3-4H2,(H,12,15). The molecule has 3 rings (SSSR count). The maximum Gasteiger partial charge on any atom is 0.270 e. The Hall–Kier alpha value is -1.36. The highest BCUT2D eigenvalue weighted by molar-refractivity contribution is 9.10. The summed E-state index contributed by atoms with van der Waals surface area (Å²) in [5, 5.41) is 2.82. The van der Waals surface area contributed by atoms with Crippen LogP contribution in [-0.2, 0) is 6.42 Å². The van der Waals surface area contributed by atoms with E-state index in [-0.39, 0.29) is 5.91 Å². The van der Waals surface area contributed by atoms with Gasteiger partial charge in [0.2, 0.25) is 0 Å². The number of carbonyl (C=O) groups excluding carboxylic acids is 1. The van der Waals surface area contributed by atoms with Gasteiger partial charge in [-0.25, -0.2) is 4.98 Å². The molecule has 76 valence electrons. The third-order valence-corrected chi connectivity index (χ3v) is 2.99. The van der Waals surface area contributed by atoms with E-state index in [0.29, 0.717) is 12.2 Å². The van der Waals surface area contributed by atoms with Gasteiger partial charge in [-0.3, -0.25) is 9.20 Å². The first kappa shape index (κ1) is 8.91. The van der Waals surface area contributed by atoms with Crippen molar-refractivity contribution in [3.63, 3.8) is 0 Å². The molecule has 15 heavy (non-hydrogen) atoms. The van der Waals surface area contributed by atoms with Gasteiger partial charge in [-0.15, -0.1) is 0 Å². The number of fused-ring (bicyclic) bond motifs is 3. The van der Waals surface area contributed by atoms with Gasteiger partial charge in [0, 0.05) is 23.6 Å². The van der Waals surface area contributed by atoms with Gasteiger partial charge in [-0.05, 0) is 28.1 Å². The first-order valence-corrected chi connectivity index (χ1v) is 5.50. The van der Waals surface area contributed by atoms with Crippen LogP contribution in [0.2, 0.25) is 0 Å². The molecule has 0 fully saturated rings. The molecule has 1 amide bonds. The molecule has 2 aromatic rings. The zero-order valence-corrected chi connectivity index (χ0v) is 9.41. The molecule has 0 atom stereocenters. The summed E-state index contributed by atoms with van der Waals surface area (Å²) in [5.41, 5.74) is 2.37. The lowest BCUT2D eigenvalue weighted by molar-refractivity contribution is 0.0939. The zero-order valence-electron chi connectivity index (χ0n) is 7.83. The largest absolute Gasteiger partial charge is 0.350 e. The van der Waals surface area contributed by atoms with Crippen LogP contribution in [0, 0.1) is 0 Å². The smallest absolute Gasteiger partial charge is 0.270 e. The first-order valence-electron chi connectivity index (χ1n) is 4.70. The van der Waals surface area contributed by atoms with Crippen molar-refractivity contribution in [3.05, 3.63) is 34.2 Å². The van der Waals surface area contributed by atoms with Crippen LogP contribution in [0.3, 0.4) is 0 Å². The van der Waals surface area contributed by atoms with Crippen LogP contribution in [0.5, 0.6) is 0 Å². The highest BCUT2D eigenvalue weighted by Gasteiger charge is 2.22. The summed E-state index contributed by atoms with van der Waals surface area (Å²) in [6.45, 7) is 0.677. The van der Waals surface area contributed by atoms with Crippen LogP contribution >= 0.6 is 15.9 Å². The van der Waals surface area contributed by atoms with Gasteiger partial charge in [-0.1, -0.05) is 0 Å². The van der Waals surface area contributed by atoms with Gasteiger partial charge in [0.25, 0.3) is 5.91 Å². The average Bonchev–Trinajstić information content (AvgIpc) is 2.57. The average molecular weight is 266 g/mol. The molecule has 0 unspecified atom stereocenters. The number of nitrogens with zero attached hydrogens (tertiary/aromatic N) is 2. The summed E-state index contributed by atoms with van der Waals surface area (Å²) in [6, 6.07) is 3.82. The molecule has 0 saturated heterocycles. The minimum atomic E-state index is -0.0400. The second-order valence-electron chi connectivity index (χ2n) is 3.49. The Kier molecular flexibility index (Phi) is 1.82. The Bertz CT molecular complexity index is 561. The number of imidazole rings is 1. The Labute approximate surface area is 94.4 Å². The predicted octanol–water partition coefficient (Wildman–Crippen LogP) is 1.38. The summed E-state index contributed by atoms with van der Waals surface area (Å²) < 4.78 is 2.77. The molecular weight excluding hydrogens is 258 g/mol. The van der Waals surface area contributed by atoms with Crippen LogP contribution in [0.15, 0.2) is 22.8 Å². The van der Waals surface area contributed by atoms with E-state index < -0.39 is 0 Å². The summed E-state index contributed by atoms with van der Waals surface area (Å²) in [4.78, 5) is 16.1. The van der Waals surface area contributed by atoms with Crippen molar-refractivity contribution in [3.8, 4) is 0 Å². The number of hydrogen-bond donors (Lipinski definition) is 1. The molecule has 5 heteroatoms. The lowest BCUT2D eigenvalue weighted by Gasteiger charge is -2.11. The van der Waals surface area contributed by atoms with E-state index in [2.05, 4.69) is 26.2 Å². The molecule has 3 heterocycles. The summed E-state index contributed by atoms with van der Waals surface area (Å²) in [7, 11) is 0. The summed E-state index contributed by atoms with van der Waals surface area (Å²) >= 11 is 3.38. The van der Waals surface area contributed by atoms with E-state index in [4.69, 9.17) is 0 Å². The molecule has 0 aliphatic carbocycles. The van der Waals surface area contributed by atoms with Gasteiger partial charge < -0.3 is 5.32 Å². The van der Waals surface area contributed by atoms with Gasteiger partial charge >= 0.3 is 0 Å². The van der Waals surface area contributed by atoms with Crippen molar-refractivity contribution in [2.24, 2.45) is 0 Å². The highest BCUT2D eigenvalue weighted by Crippen LogP contribution is 2.19. The zero-order chi connectivity index (χ0) is 10.4. The second kappa shape index (κ2) is 3.06. The van der Waals surface area contributed by atoms with Crippen LogP contribution in [0.1, 0.15) is 16.2 Å². The molecule has 0 radical (unpaired) electrons. The lowest BCUT2D eigenvalue weighted by atomic mass is 10.2. The van der Waals surface area contributed by atoms with Gasteiger partial charge in [0.1, 0.15) is 11.3 Å². The number of nitrogens with one attached hydrogen (secondary N) is 1. The van der Waals surface area contributed by atoms with Crippen molar-refractivity contribution in [2.45, 2.75) is 6.42 Å². The van der Waals surface area contributed by atoms with E-state index in [1.807, 2.05) is 22.7 Å². The quantitative estimate of drug-likeness (QED) is 0.783. The normalized spacial score (nSPS) is 15.1. The maximum absolute atomic E-state index is 11.7. The molecule has 4 nitrogen and oxygen atoms in total. The number of halogens is 1. The molecule has 1 aliphatic rings. The molecule has 1 aliphatic heterocycles. The van der Waals surface area contributed by atoms with Crippen molar-refractivity contribution >= 4 is 27.5 Å². The Morgan fingerprint density at radius 3 is 3.20 bits per heavy atom. The van der Waals surface area contributed by atoms with Crippen LogP contribution in [0.25, 0.3) is 5.65 Å². The fourth-order valence-corrected chi connectivity index (χ4v) is 2.20. The van der Waals surface area contributed by atoms with E-state index >= 15 is 0 Å². The maximum atomic E-state index is 11.7. The van der Waals surface area contributed by atoms with Gasteiger partial charge in [-0.2, -0.15) is 0 Å².